The van der Waals surface area contributed by atoms with Gasteiger partial charge in [0.2, 0.25) is 0 Å². The van der Waals surface area contributed by atoms with Crippen LogP contribution in [0.25, 0.3) is 10.8 Å². The Kier molecular flexibility index (Phi) is 4.45. The van der Waals surface area contributed by atoms with Gasteiger partial charge in [-0.05, 0) is 46.0 Å². The molecular weight excluding hydrogens is 363 g/mol. The van der Waals surface area contributed by atoms with Gasteiger partial charge in [0, 0.05) is 13.0 Å². The number of anilines is 1. The highest BCUT2D eigenvalue weighted by atomic mass is 32.1. The minimum atomic E-state index is -0.355. The molecule has 0 radical (unpaired) electrons. The van der Waals surface area contributed by atoms with Gasteiger partial charge >= 0.3 is 6.47 Å². The summed E-state index contributed by atoms with van der Waals surface area (Å²) >= 11 is 1.37. The zero-order valence-corrected chi connectivity index (χ0v) is 15.9. The fourth-order valence-electron chi connectivity index (χ4n) is 3.84. The number of hydroxylamine groups is 2. The molecular formula is C21H20FN2O2S+. The Morgan fingerprint density at radius 1 is 1.22 bits per heavy atom. The fraction of sp³-hybridized carbons (Fsp3) is 0.190. The Morgan fingerprint density at radius 2 is 2.00 bits per heavy atom. The summed E-state index contributed by atoms with van der Waals surface area (Å²) in [5.74, 6) is -0.248. The van der Waals surface area contributed by atoms with Crippen molar-refractivity contribution in [2.45, 2.75) is 19.9 Å². The van der Waals surface area contributed by atoms with Gasteiger partial charge in [-0.3, -0.25) is 0 Å². The summed E-state index contributed by atoms with van der Waals surface area (Å²) in [6, 6.07) is 15.3. The molecule has 4 rings (SSSR count). The highest BCUT2D eigenvalue weighted by molar-refractivity contribution is 7.10. The number of rotatable bonds is 5. The molecule has 0 saturated carbocycles. The lowest BCUT2D eigenvalue weighted by Gasteiger charge is -2.39. The van der Waals surface area contributed by atoms with Crippen LogP contribution in [0.3, 0.4) is 0 Å². The Balaban J connectivity index is 1.92. The smallest absolute Gasteiger partial charge is 0.249 e. The Bertz CT molecular complexity index is 1030. The Morgan fingerprint density at radius 3 is 2.67 bits per heavy atom. The van der Waals surface area contributed by atoms with Gasteiger partial charge in [0.25, 0.3) is 0 Å². The molecule has 0 spiro atoms. The van der Waals surface area contributed by atoms with Crippen molar-refractivity contribution in [2.75, 3.05) is 11.6 Å². The van der Waals surface area contributed by atoms with Crippen molar-refractivity contribution < 1.29 is 18.8 Å². The van der Waals surface area contributed by atoms with E-state index in [9.17, 15) is 9.18 Å². The lowest BCUT2D eigenvalue weighted by Crippen LogP contribution is -2.56. The quantitative estimate of drug-likeness (QED) is 0.440. The molecule has 3 aromatic rings. The molecule has 2 atom stereocenters. The molecule has 2 heterocycles. The first-order valence-electron chi connectivity index (χ1n) is 8.81. The molecule has 1 aliphatic heterocycles. The molecule has 27 heavy (non-hydrogen) atoms. The average molecular weight is 383 g/mol. The van der Waals surface area contributed by atoms with E-state index in [4.69, 9.17) is 4.84 Å². The van der Waals surface area contributed by atoms with E-state index in [1.807, 2.05) is 61.3 Å². The summed E-state index contributed by atoms with van der Waals surface area (Å²) < 4.78 is 14.3. The van der Waals surface area contributed by atoms with E-state index in [1.165, 1.54) is 17.4 Å². The van der Waals surface area contributed by atoms with E-state index in [0.717, 1.165) is 22.2 Å². The maximum atomic E-state index is 14.4. The number of thiophene rings is 1. The predicted octanol–water partition coefficient (Wildman–Crippen LogP) is 5.35. The van der Waals surface area contributed by atoms with Gasteiger partial charge in [-0.1, -0.05) is 30.3 Å². The number of allylic oxidation sites excluding steroid dienone is 1. The number of fused-ring (bicyclic) bond motifs is 1. The topological polar surface area (TPSA) is 29.5 Å². The number of benzene rings is 2. The highest BCUT2D eigenvalue weighted by Crippen LogP contribution is 2.45. The van der Waals surface area contributed by atoms with E-state index in [1.54, 1.807) is 5.38 Å². The molecule has 138 valence electrons. The van der Waals surface area contributed by atoms with Crippen LogP contribution in [0, 0.1) is 5.82 Å². The van der Waals surface area contributed by atoms with Gasteiger partial charge < -0.3 is 0 Å². The molecule has 6 heteroatoms. The van der Waals surface area contributed by atoms with Crippen LogP contribution in [0.5, 0.6) is 0 Å². The molecule has 1 aromatic heterocycles. The van der Waals surface area contributed by atoms with Crippen LogP contribution in [0.15, 0.2) is 65.7 Å². The van der Waals surface area contributed by atoms with Gasteiger partial charge in [0.1, 0.15) is 18.4 Å². The number of halogens is 1. The van der Waals surface area contributed by atoms with Crippen molar-refractivity contribution in [2.24, 2.45) is 0 Å². The molecule has 0 fully saturated rings. The summed E-state index contributed by atoms with van der Waals surface area (Å²) in [4.78, 5) is 17.6. The first-order chi connectivity index (χ1) is 13.1. The standard InChI is InChI=1S/C21H20FN2O2S/c1-3-24(26-14-25)15(2)12-20(21-19(22)10-11-27-21)23(24)18-9-8-16-6-4-5-7-17(16)13-18/h4-14,20H,3H2,1-2H3/q+1. The zero-order valence-electron chi connectivity index (χ0n) is 15.1. The van der Waals surface area contributed by atoms with E-state index < -0.39 is 0 Å². The predicted molar refractivity (Wildman–Crippen MR) is 105 cm³/mol. The normalized spacial score (nSPS) is 22.1. The van der Waals surface area contributed by atoms with Crippen LogP contribution in [0.4, 0.5) is 10.1 Å². The zero-order chi connectivity index (χ0) is 19.0. The number of quaternary nitrogens is 1. The maximum Gasteiger partial charge on any atom is 0.359 e. The van der Waals surface area contributed by atoms with Gasteiger partial charge in [-0.15, -0.1) is 11.3 Å². The summed E-state index contributed by atoms with van der Waals surface area (Å²) in [5, 5.41) is 5.90. The average Bonchev–Trinajstić information content (AvgIpc) is 3.23. The molecule has 0 amide bonds. The molecule has 2 aromatic carbocycles. The lowest BCUT2D eigenvalue weighted by molar-refractivity contribution is -1.06. The molecule has 4 nitrogen and oxygen atoms in total. The van der Waals surface area contributed by atoms with Crippen molar-refractivity contribution >= 4 is 34.3 Å². The van der Waals surface area contributed by atoms with Gasteiger partial charge in [-0.2, -0.15) is 5.01 Å². The molecule has 0 bridgehead atoms. The van der Waals surface area contributed by atoms with E-state index in [-0.39, 0.29) is 16.6 Å². The number of nitrogens with zero attached hydrogens (tertiary/aromatic N) is 2. The van der Waals surface area contributed by atoms with Gasteiger partial charge in [0.15, 0.2) is 5.70 Å². The Hall–Kier alpha value is -2.70. The van der Waals surface area contributed by atoms with Gasteiger partial charge in [0.05, 0.1) is 10.6 Å². The molecule has 0 aliphatic carbocycles. The highest BCUT2D eigenvalue weighted by Gasteiger charge is 2.51. The van der Waals surface area contributed by atoms with Crippen molar-refractivity contribution in [3.05, 3.63) is 76.4 Å². The largest absolute Gasteiger partial charge is 0.359 e. The van der Waals surface area contributed by atoms with Crippen molar-refractivity contribution in [1.82, 2.24) is 0 Å². The molecule has 2 unspecified atom stereocenters. The number of carbonyl (C=O) groups is 1. The first-order valence-corrected chi connectivity index (χ1v) is 9.69. The summed E-state index contributed by atoms with van der Waals surface area (Å²) in [7, 11) is 0. The minimum absolute atomic E-state index is 0.107. The number of carbonyl (C=O) groups excluding carboxylic acids is 1. The van der Waals surface area contributed by atoms with Crippen LogP contribution >= 0.6 is 11.3 Å². The third kappa shape index (κ3) is 2.72. The van der Waals surface area contributed by atoms with Crippen LogP contribution in [-0.4, -0.2) is 17.8 Å². The SMILES string of the molecule is CC[N+]1(OC=O)C(C)=CC(c2sccc2F)N1c1ccc2ccccc2c1. The fourth-order valence-corrected chi connectivity index (χ4v) is 4.66. The van der Waals surface area contributed by atoms with Crippen LogP contribution in [0.1, 0.15) is 24.8 Å². The maximum absolute atomic E-state index is 14.4. The Labute approximate surface area is 161 Å². The summed E-state index contributed by atoms with van der Waals surface area (Å²) in [6.45, 7) is 4.81. The third-order valence-electron chi connectivity index (χ3n) is 5.12. The molecule has 0 N–H and O–H groups in total. The van der Waals surface area contributed by atoms with Crippen LogP contribution in [-0.2, 0) is 9.63 Å². The molecule has 0 saturated heterocycles. The minimum Gasteiger partial charge on any atom is -0.249 e. The van der Waals surface area contributed by atoms with E-state index >= 15 is 0 Å². The summed E-state index contributed by atoms with van der Waals surface area (Å²) in [5.41, 5.74) is 1.71. The van der Waals surface area contributed by atoms with Crippen LogP contribution < -0.4 is 5.01 Å². The number of hydrogen-bond donors (Lipinski definition) is 0. The summed E-state index contributed by atoms with van der Waals surface area (Å²) in [6.07, 6.45) is 1.97. The third-order valence-corrected chi connectivity index (χ3v) is 6.08. The second-order valence-electron chi connectivity index (χ2n) is 6.48. The lowest BCUT2D eigenvalue weighted by atomic mass is 10.1. The van der Waals surface area contributed by atoms with Crippen LogP contribution in [0.2, 0.25) is 0 Å². The second-order valence-corrected chi connectivity index (χ2v) is 7.43. The van der Waals surface area contributed by atoms with Gasteiger partial charge in [-0.25, -0.2) is 14.0 Å². The van der Waals surface area contributed by atoms with E-state index in [0.29, 0.717) is 17.9 Å². The first kappa shape index (κ1) is 17.7. The number of hydrogen-bond acceptors (Lipinski definition) is 4. The van der Waals surface area contributed by atoms with Crippen molar-refractivity contribution in [3.63, 3.8) is 0 Å². The van der Waals surface area contributed by atoms with Crippen molar-refractivity contribution in [3.8, 4) is 0 Å². The molecule has 1 aliphatic rings. The van der Waals surface area contributed by atoms with E-state index in [2.05, 4.69) is 6.07 Å². The van der Waals surface area contributed by atoms with Crippen molar-refractivity contribution in [1.29, 1.82) is 0 Å². The monoisotopic (exact) mass is 383 g/mol. The second kappa shape index (κ2) is 6.79.